The molecule has 106 valence electrons. The molecule has 0 heterocycles. The Labute approximate surface area is 113 Å². The monoisotopic (exact) mass is 280 g/mol. The number of ether oxygens (including phenoxy) is 2. The summed E-state index contributed by atoms with van der Waals surface area (Å²) in [4.78, 5) is 43.8. The third-order valence-corrected chi connectivity index (χ3v) is 2.05. The summed E-state index contributed by atoms with van der Waals surface area (Å²) in [6, 6.07) is 5.24. The highest BCUT2D eigenvalue weighted by molar-refractivity contribution is 5.94. The van der Waals surface area contributed by atoms with Gasteiger partial charge in [-0.05, 0) is 24.3 Å². The highest BCUT2D eigenvalue weighted by Crippen LogP contribution is 2.07. The summed E-state index contributed by atoms with van der Waals surface area (Å²) in [5, 5.41) is 0. The third-order valence-electron chi connectivity index (χ3n) is 2.05. The van der Waals surface area contributed by atoms with Gasteiger partial charge in [-0.1, -0.05) is 0 Å². The lowest BCUT2D eigenvalue weighted by Gasteiger charge is -2.04. The van der Waals surface area contributed by atoms with Gasteiger partial charge in [0.25, 0.3) is 11.8 Å². The lowest BCUT2D eigenvalue weighted by molar-refractivity contribution is -0.121. The standard InChI is InChI=1S/C12H12N2O6/c13-9(15)5-19-11(17)7-1-2-8(4-3-7)12(18)20-6-10(14)16/h1-4H,5-6H2,(H2,13,15)(H2,14,16). The number of carbonyl (C=O) groups is 4. The topological polar surface area (TPSA) is 139 Å². The van der Waals surface area contributed by atoms with Crippen molar-refractivity contribution in [2.45, 2.75) is 0 Å². The minimum Gasteiger partial charge on any atom is -0.452 e. The fourth-order valence-electron chi connectivity index (χ4n) is 1.18. The lowest BCUT2D eigenvalue weighted by atomic mass is 10.1. The van der Waals surface area contributed by atoms with Crippen molar-refractivity contribution in [3.05, 3.63) is 35.4 Å². The van der Waals surface area contributed by atoms with E-state index in [0.717, 1.165) is 0 Å². The largest absolute Gasteiger partial charge is 0.452 e. The molecule has 0 spiro atoms. The average molecular weight is 280 g/mol. The van der Waals surface area contributed by atoms with Crippen LogP contribution in [0.3, 0.4) is 0 Å². The molecular formula is C12H12N2O6. The summed E-state index contributed by atoms with van der Waals surface area (Å²) in [7, 11) is 0. The van der Waals surface area contributed by atoms with Gasteiger partial charge in [0.2, 0.25) is 0 Å². The lowest BCUT2D eigenvalue weighted by Crippen LogP contribution is -2.21. The van der Waals surface area contributed by atoms with E-state index in [-0.39, 0.29) is 11.1 Å². The molecule has 0 fully saturated rings. The Hall–Kier alpha value is -2.90. The van der Waals surface area contributed by atoms with Gasteiger partial charge in [0.1, 0.15) is 0 Å². The predicted octanol–water partition coefficient (Wildman–Crippen LogP) is -1.03. The normalized spacial score (nSPS) is 9.60. The number of amides is 2. The van der Waals surface area contributed by atoms with Gasteiger partial charge in [0.15, 0.2) is 13.2 Å². The van der Waals surface area contributed by atoms with E-state index in [0.29, 0.717) is 0 Å². The second-order valence-corrected chi connectivity index (χ2v) is 3.66. The van der Waals surface area contributed by atoms with E-state index in [1.807, 2.05) is 0 Å². The molecule has 0 aliphatic heterocycles. The number of esters is 2. The first kappa shape index (κ1) is 15.2. The van der Waals surface area contributed by atoms with Gasteiger partial charge < -0.3 is 20.9 Å². The molecule has 20 heavy (non-hydrogen) atoms. The zero-order chi connectivity index (χ0) is 15.1. The van der Waals surface area contributed by atoms with Crippen molar-refractivity contribution in [3.63, 3.8) is 0 Å². The smallest absolute Gasteiger partial charge is 0.338 e. The van der Waals surface area contributed by atoms with Crippen molar-refractivity contribution in [2.75, 3.05) is 13.2 Å². The Balaban J connectivity index is 2.63. The quantitative estimate of drug-likeness (QED) is 0.639. The second kappa shape index (κ2) is 6.88. The summed E-state index contributed by atoms with van der Waals surface area (Å²) >= 11 is 0. The first-order chi connectivity index (χ1) is 9.40. The van der Waals surface area contributed by atoms with Crippen LogP contribution in [0.25, 0.3) is 0 Å². The van der Waals surface area contributed by atoms with Crippen LogP contribution < -0.4 is 11.5 Å². The molecule has 0 unspecified atom stereocenters. The molecule has 0 saturated carbocycles. The number of hydrogen-bond donors (Lipinski definition) is 2. The maximum atomic E-state index is 11.4. The van der Waals surface area contributed by atoms with Crippen molar-refractivity contribution in [2.24, 2.45) is 11.5 Å². The predicted molar refractivity (Wildman–Crippen MR) is 65.4 cm³/mol. The molecule has 8 nitrogen and oxygen atoms in total. The van der Waals surface area contributed by atoms with Gasteiger partial charge in [-0.3, -0.25) is 9.59 Å². The van der Waals surface area contributed by atoms with E-state index < -0.39 is 37.0 Å². The Morgan fingerprint density at radius 1 is 0.750 bits per heavy atom. The summed E-state index contributed by atoms with van der Waals surface area (Å²) < 4.78 is 9.16. The van der Waals surface area contributed by atoms with Gasteiger partial charge in [-0.25, -0.2) is 9.59 Å². The van der Waals surface area contributed by atoms with Crippen LogP contribution >= 0.6 is 0 Å². The molecule has 0 aliphatic carbocycles. The number of hydrogen-bond acceptors (Lipinski definition) is 6. The number of carbonyl (C=O) groups excluding carboxylic acids is 4. The Morgan fingerprint density at radius 2 is 1.05 bits per heavy atom. The molecule has 0 saturated heterocycles. The minimum atomic E-state index is -0.773. The molecule has 0 atom stereocenters. The molecule has 1 aromatic rings. The minimum absolute atomic E-state index is 0.137. The second-order valence-electron chi connectivity index (χ2n) is 3.66. The maximum absolute atomic E-state index is 11.4. The Bertz CT molecular complexity index is 488. The highest BCUT2D eigenvalue weighted by Gasteiger charge is 2.12. The fourth-order valence-corrected chi connectivity index (χ4v) is 1.18. The fraction of sp³-hybridized carbons (Fsp3) is 0.167. The molecule has 0 aliphatic rings. The average Bonchev–Trinajstić information content (AvgIpc) is 2.42. The Kier molecular flexibility index (Phi) is 5.21. The van der Waals surface area contributed by atoms with Crippen LogP contribution in [0.2, 0.25) is 0 Å². The summed E-state index contributed by atoms with van der Waals surface area (Å²) in [6.45, 7) is -1.05. The molecule has 0 radical (unpaired) electrons. The summed E-state index contributed by atoms with van der Waals surface area (Å²) in [5.41, 5.74) is 9.92. The van der Waals surface area contributed by atoms with Crippen molar-refractivity contribution in [1.29, 1.82) is 0 Å². The molecule has 8 heteroatoms. The van der Waals surface area contributed by atoms with Crippen LogP contribution in [0.15, 0.2) is 24.3 Å². The molecule has 4 N–H and O–H groups in total. The number of rotatable bonds is 6. The van der Waals surface area contributed by atoms with Gasteiger partial charge in [-0.15, -0.1) is 0 Å². The van der Waals surface area contributed by atoms with Crippen LogP contribution in [0.5, 0.6) is 0 Å². The molecule has 1 rings (SSSR count). The van der Waals surface area contributed by atoms with Gasteiger partial charge in [-0.2, -0.15) is 0 Å². The van der Waals surface area contributed by atoms with E-state index in [9.17, 15) is 19.2 Å². The molecule has 1 aromatic carbocycles. The van der Waals surface area contributed by atoms with Crippen LogP contribution in [0, 0.1) is 0 Å². The summed E-state index contributed by atoms with van der Waals surface area (Å²) in [6.07, 6.45) is 0. The van der Waals surface area contributed by atoms with E-state index in [1.165, 1.54) is 24.3 Å². The van der Waals surface area contributed by atoms with E-state index in [4.69, 9.17) is 11.5 Å². The molecule has 0 bridgehead atoms. The van der Waals surface area contributed by atoms with E-state index in [2.05, 4.69) is 9.47 Å². The molecular weight excluding hydrogens is 268 g/mol. The van der Waals surface area contributed by atoms with Crippen LogP contribution in [-0.2, 0) is 19.1 Å². The Morgan fingerprint density at radius 3 is 1.30 bits per heavy atom. The summed E-state index contributed by atoms with van der Waals surface area (Å²) in [5.74, 6) is -3.04. The maximum Gasteiger partial charge on any atom is 0.338 e. The van der Waals surface area contributed by atoms with Gasteiger partial charge in [0, 0.05) is 0 Å². The SMILES string of the molecule is NC(=O)COC(=O)c1ccc(C(=O)OCC(N)=O)cc1. The third kappa shape index (κ3) is 4.77. The number of primary amides is 2. The zero-order valence-corrected chi connectivity index (χ0v) is 10.3. The van der Waals surface area contributed by atoms with Crippen molar-refractivity contribution >= 4 is 23.8 Å². The molecule has 2 amide bonds. The van der Waals surface area contributed by atoms with Crippen molar-refractivity contribution < 1.29 is 28.7 Å². The van der Waals surface area contributed by atoms with E-state index in [1.54, 1.807) is 0 Å². The van der Waals surface area contributed by atoms with Crippen LogP contribution in [0.1, 0.15) is 20.7 Å². The van der Waals surface area contributed by atoms with Crippen LogP contribution in [-0.4, -0.2) is 37.0 Å². The number of nitrogens with two attached hydrogens (primary N) is 2. The zero-order valence-electron chi connectivity index (χ0n) is 10.3. The first-order valence-electron chi connectivity index (χ1n) is 5.41. The van der Waals surface area contributed by atoms with Gasteiger partial charge in [0.05, 0.1) is 11.1 Å². The van der Waals surface area contributed by atoms with Gasteiger partial charge >= 0.3 is 11.9 Å². The number of benzene rings is 1. The highest BCUT2D eigenvalue weighted by atomic mass is 16.5. The molecule has 0 aromatic heterocycles. The van der Waals surface area contributed by atoms with Crippen LogP contribution in [0.4, 0.5) is 0 Å². The first-order valence-corrected chi connectivity index (χ1v) is 5.41. The van der Waals surface area contributed by atoms with E-state index >= 15 is 0 Å². The van der Waals surface area contributed by atoms with Crippen molar-refractivity contribution in [3.8, 4) is 0 Å². The van der Waals surface area contributed by atoms with Crippen molar-refractivity contribution in [1.82, 2.24) is 0 Å².